The first-order valence-electron chi connectivity index (χ1n) is 6.79. The summed E-state index contributed by atoms with van der Waals surface area (Å²) in [5.41, 5.74) is 2.60. The van der Waals surface area contributed by atoms with Crippen LogP contribution in [0.2, 0.25) is 10.0 Å². The number of amides is 1. The highest BCUT2D eigenvalue weighted by molar-refractivity contribution is 6.35. The fraction of sp³-hybridized carbons (Fsp3) is 0.188. The summed E-state index contributed by atoms with van der Waals surface area (Å²) >= 11 is 11.9. The zero-order valence-electron chi connectivity index (χ0n) is 12.0. The minimum atomic E-state index is -0.457. The number of carbonyl (C=O) groups is 1. The number of benzene rings is 2. The van der Waals surface area contributed by atoms with E-state index in [9.17, 15) is 4.79 Å². The number of carbonyl (C=O) groups excluding carboxylic acids is 1. The van der Waals surface area contributed by atoms with Gasteiger partial charge in [-0.2, -0.15) is 0 Å². The fourth-order valence-corrected chi connectivity index (χ4v) is 2.38. The van der Waals surface area contributed by atoms with Crippen LogP contribution >= 0.6 is 23.2 Å². The third-order valence-corrected chi connectivity index (χ3v) is 3.27. The third kappa shape index (κ3) is 5.13. The van der Waals surface area contributed by atoms with Gasteiger partial charge in [0.1, 0.15) is 0 Å². The number of anilines is 2. The van der Waals surface area contributed by atoms with Crippen molar-refractivity contribution in [3.63, 3.8) is 0 Å². The predicted molar refractivity (Wildman–Crippen MR) is 90.9 cm³/mol. The molecule has 2 N–H and O–H groups in total. The molecule has 0 atom stereocenters. The summed E-state index contributed by atoms with van der Waals surface area (Å²) in [4.78, 5) is 11.3. The molecule has 0 aliphatic rings. The molecule has 4 nitrogen and oxygen atoms in total. The van der Waals surface area contributed by atoms with E-state index in [1.807, 2.05) is 36.4 Å². The van der Waals surface area contributed by atoms with Crippen molar-refractivity contribution >= 4 is 40.7 Å². The highest BCUT2D eigenvalue weighted by Gasteiger charge is 2.02. The number of nitrogens with one attached hydrogen (secondary N) is 2. The van der Waals surface area contributed by atoms with E-state index >= 15 is 0 Å². The minimum Gasteiger partial charge on any atom is -0.450 e. The van der Waals surface area contributed by atoms with Crippen LogP contribution in [-0.2, 0) is 11.3 Å². The van der Waals surface area contributed by atoms with Crippen LogP contribution in [0.5, 0.6) is 0 Å². The average Bonchev–Trinajstić information content (AvgIpc) is 2.46. The van der Waals surface area contributed by atoms with Crippen LogP contribution in [-0.4, -0.2) is 12.7 Å². The van der Waals surface area contributed by atoms with Gasteiger partial charge in [0, 0.05) is 28.0 Å². The molecule has 0 aliphatic carbocycles. The van der Waals surface area contributed by atoms with E-state index in [-0.39, 0.29) is 0 Å². The van der Waals surface area contributed by atoms with Crippen LogP contribution in [0.3, 0.4) is 0 Å². The van der Waals surface area contributed by atoms with Gasteiger partial charge >= 0.3 is 6.09 Å². The Balaban J connectivity index is 1.92. The van der Waals surface area contributed by atoms with Gasteiger partial charge in [-0.3, -0.25) is 5.32 Å². The summed E-state index contributed by atoms with van der Waals surface area (Å²) in [6, 6.07) is 12.8. The van der Waals surface area contributed by atoms with Crippen molar-refractivity contribution in [1.29, 1.82) is 0 Å². The lowest BCUT2D eigenvalue weighted by molar-refractivity contribution is 0.168. The van der Waals surface area contributed by atoms with E-state index in [0.717, 1.165) is 11.3 Å². The van der Waals surface area contributed by atoms with Gasteiger partial charge < -0.3 is 10.1 Å². The fourth-order valence-electron chi connectivity index (χ4n) is 1.85. The summed E-state index contributed by atoms with van der Waals surface area (Å²) in [7, 11) is 0. The summed E-state index contributed by atoms with van der Waals surface area (Å²) in [6.07, 6.45) is -0.457. The van der Waals surface area contributed by atoms with Crippen molar-refractivity contribution in [3.8, 4) is 0 Å². The van der Waals surface area contributed by atoms with Crippen LogP contribution < -0.4 is 10.6 Å². The molecule has 0 bridgehead atoms. The smallest absolute Gasteiger partial charge is 0.411 e. The topological polar surface area (TPSA) is 50.4 Å². The monoisotopic (exact) mass is 338 g/mol. The molecule has 2 aromatic carbocycles. The van der Waals surface area contributed by atoms with Gasteiger partial charge in [-0.1, -0.05) is 35.3 Å². The zero-order chi connectivity index (χ0) is 15.9. The molecule has 0 unspecified atom stereocenters. The Labute approximate surface area is 139 Å². The van der Waals surface area contributed by atoms with Crippen molar-refractivity contribution in [2.24, 2.45) is 0 Å². The van der Waals surface area contributed by atoms with Crippen LogP contribution in [0.4, 0.5) is 16.2 Å². The van der Waals surface area contributed by atoms with E-state index in [1.165, 1.54) is 0 Å². The Kier molecular flexibility index (Phi) is 5.92. The third-order valence-electron chi connectivity index (χ3n) is 2.83. The van der Waals surface area contributed by atoms with Crippen molar-refractivity contribution < 1.29 is 9.53 Å². The van der Waals surface area contributed by atoms with Gasteiger partial charge in [-0.15, -0.1) is 0 Å². The maximum atomic E-state index is 11.3. The van der Waals surface area contributed by atoms with Gasteiger partial charge in [-0.25, -0.2) is 4.79 Å². The highest BCUT2D eigenvalue weighted by Crippen LogP contribution is 2.23. The first-order valence-corrected chi connectivity index (χ1v) is 7.55. The lowest BCUT2D eigenvalue weighted by Crippen LogP contribution is -2.13. The Morgan fingerprint density at radius 3 is 2.27 bits per heavy atom. The summed E-state index contributed by atoms with van der Waals surface area (Å²) in [5.74, 6) is 0. The van der Waals surface area contributed by atoms with Crippen molar-refractivity contribution in [3.05, 3.63) is 58.1 Å². The molecule has 2 rings (SSSR count). The first kappa shape index (κ1) is 16.5. The van der Waals surface area contributed by atoms with Crippen molar-refractivity contribution in [2.75, 3.05) is 17.2 Å². The summed E-state index contributed by atoms with van der Waals surface area (Å²) in [6.45, 7) is 2.73. The summed E-state index contributed by atoms with van der Waals surface area (Å²) in [5, 5.41) is 7.06. The SMILES string of the molecule is CCOC(=O)Nc1ccc(CNc2cc(Cl)cc(Cl)c2)cc1. The molecule has 2 aromatic rings. The quantitative estimate of drug-likeness (QED) is 0.790. The number of rotatable bonds is 5. The largest absolute Gasteiger partial charge is 0.450 e. The maximum absolute atomic E-state index is 11.3. The molecule has 22 heavy (non-hydrogen) atoms. The Bertz CT molecular complexity index is 625. The van der Waals surface area contributed by atoms with Crippen LogP contribution in [0, 0.1) is 0 Å². The second-order valence-electron chi connectivity index (χ2n) is 4.55. The van der Waals surface area contributed by atoms with E-state index in [1.54, 1.807) is 13.0 Å². The number of hydrogen-bond donors (Lipinski definition) is 2. The average molecular weight is 339 g/mol. The Hall–Kier alpha value is -1.91. The van der Waals surface area contributed by atoms with E-state index in [0.29, 0.717) is 28.9 Å². The van der Waals surface area contributed by atoms with Crippen LogP contribution in [0.1, 0.15) is 12.5 Å². The Morgan fingerprint density at radius 1 is 1.05 bits per heavy atom. The predicted octanol–water partition coefficient (Wildman–Crippen LogP) is 5.17. The lowest BCUT2D eigenvalue weighted by atomic mass is 10.2. The molecule has 0 saturated heterocycles. The van der Waals surface area contributed by atoms with Crippen molar-refractivity contribution in [1.82, 2.24) is 0 Å². The van der Waals surface area contributed by atoms with E-state index in [2.05, 4.69) is 10.6 Å². The number of hydrogen-bond acceptors (Lipinski definition) is 3. The molecular formula is C16H16Cl2N2O2. The van der Waals surface area contributed by atoms with Gasteiger partial charge in [0.15, 0.2) is 0 Å². The zero-order valence-corrected chi connectivity index (χ0v) is 13.5. The van der Waals surface area contributed by atoms with E-state index < -0.39 is 6.09 Å². The van der Waals surface area contributed by atoms with E-state index in [4.69, 9.17) is 27.9 Å². The van der Waals surface area contributed by atoms with Crippen LogP contribution in [0.25, 0.3) is 0 Å². The van der Waals surface area contributed by atoms with Gasteiger partial charge in [-0.05, 0) is 42.8 Å². The van der Waals surface area contributed by atoms with Gasteiger partial charge in [0.2, 0.25) is 0 Å². The molecule has 0 spiro atoms. The first-order chi connectivity index (χ1) is 10.6. The molecule has 0 radical (unpaired) electrons. The second-order valence-corrected chi connectivity index (χ2v) is 5.43. The number of halogens is 2. The molecule has 0 fully saturated rings. The van der Waals surface area contributed by atoms with Crippen LogP contribution in [0.15, 0.2) is 42.5 Å². The molecular weight excluding hydrogens is 323 g/mol. The standard InChI is InChI=1S/C16H16Cl2N2O2/c1-2-22-16(21)20-14-5-3-11(4-6-14)10-19-15-8-12(17)7-13(18)9-15/h3-9,19H,2,10H2,1H3,(H,20,21). The second kappa shape index (κ2) is 7.92. The van der Waals surface area contributed by atoms with Crippen molar-refractivity contribution in [2.45, 2.75) is 13.5 Å². The molecule has 0 aliphatic heterocycles. The van der Waals surface area contributed by atoms with Gasteiger partial charge in [0.05, 0.1) is 6.61 Å². The molecule has 0 heterocycles. The maximum Gasteiger partial charge on any atom is 0.411 e. The Morgan fingerprint density at radius 2 is 1.68 bits per heavy atom. The normalized spacial score (nSPS) is 10.1. The molecule has 6 heteroatoms. The number of ether oxygens (including phenoxy) is 1. The molecule has 1 amide bonds. The summed E-state index contributed by atoms with van der Waals surface area (Å²) < 4.78 is 4.82. The van der Waals surface area contributed by atoms with Gasteiger partial charge in [0.25, 0.3) is 0 Å². The molecule has 0 aromatic heterocycles. The lowest BCUT2D eigenvalue weighted by Gasteiger charge is -2.09. The highest BCUT2D eigenvalue weighted by atomic mass is 35.5. The minimum absolute atomic E-state index is 0.343. The molecule has 0 saturated carbocycles. The molecule has 116 valence electrons.